The van der Waals surface area contributed by atoms with Crippen LogP contribution in [0.2, 0.25) is 0 Å². The number of nitrogens with zero attached hydrogens (tertiary/aromatic N) is 6. The number of amides is 1. The van der Waals surface area contributed by atoms with Crippen molar-refractivity contribution in [1.82, 2.24) is 24.8 Å². The molecule has 1 fully saturated rings. The Labute approximate surface area is 331 Å². The first kappa shape index (κ1) is 39.7. The van der Waals surface area contributed by atoms with Crippen molar-refractivity contribution in [3.05, 3.63) is 94.3 Å². The first-order valence-corrected chi connectivity index (χ1v) is 21.5. The summed E-state index contributed by atoms with van der Waals surface area (Å²) >= 11 is 4.90. The molecule has 0 bridgehead atoms. The van der Waals surface area contributed by atoms with E-state index in [0.717, 1.165) is 84.4 Å². The molecular formula is C42H51N7O2S3. The molecule has 1 saturated heterocycles. The number of piperidine rings is 1. The molecule has 12 heteroatoms. The first-order chi connectivity index (χ1) is 26.1. The maximum absolute atomic E-state index is 13.5. The van der Waals surface area contributed by atoms with Gasteiger partial charge in [0.05, 0.1) is 38.6 Å². The maximum Gasteiger partial charge on any atom is 0.264 e. The van der Waals surface area contributed by atoms with Crippen LogP contribution in [0.3, 0.4) is 0 Å². The number of thiazole rings is 2. The second-order valence-corrected chi connectivity index (χ2v) is 18.4. The molecule has 4 heterocycles. The molecule has 3 aromatic heterocycles. The molecule has 9 nitrogen and oxygen atoms in total. The van der Waals surface area contributed by atoms with Gasteiger partial charge in [-0.2, -0.15) is 5.26 Å². The Morgan fingerprint density at radius 2 is 1.91 bits per heavy atom. The van der Waals surface area contributed by atoms with Crippen molar-refractivity contribution in [2.45, 2.75) is 87.6 Å². The van der Waals surface area contributed by atoms with E-state index in [1.54, 1.807) is 41.1 Å². The first-order valence-electron chi connectivity index (χ1n) is 18.9. The number of hydrogen-bond acceptors (Lipinski definition) is 11. The Balaban J connectivity index is 0.912. The number of oxazole rings is 1. The number of para-hydroxylation sites is 1. The van der Waals surface area contributed by atoms with E-state index in [9.17, 15) is 10.1 Å². The average Bonchev–Trinajstić information content (AvgIpc) is 3.95. The van der Waals surface area contributed by atoms with E-state index in [2.05, 4.69) is 83.2 Å². The lowest BCUT2D eigenvalue weighted by molar-refractivity contribution is -0.127. The van der Waals surface area contributed by atoms with Gasteiger partial charge in [-0.1, -0.05) is 81.9 Å². The minimum atomic E-state index is -0.278. The number of thioether (sulfide) groups is 1. The van der Waals surface area contributed by atoms with Crippen LogP contribution in [0, 0.1) is 17.2 Å². The molecule has 5 aromatic rings. The average molecular weight is 782 g/mol. The number of carbonyl (C=O) groups excluding carboxylic acids is 1. The van der Waals surface area contributed by atoms with Crippen LogP contribution in [0.25, 0.3) is 16.3 Å². The minimum Gasteiger partial charge on any atom is -0.444 e. The lowest BCUT2D eigenvalue weighted by atomic mass is 9.94. The highest BCUT2D eigenvalue weighted by molar-refractivity contribution is 8.00. The summed E-state index contributed by atoms with van der Waals surface area (Å²) in [5.41, 5.74) is 3.35. The van der Waals surface area contributed by atoms with Gasteiger partial charge in [0.1, 0.15) is 22.4 Å². The second-order valence-electron chi connectivity index (χ2n) is 15.1. The van der Waals surface area contributed by atoms with Crippen molar-refractivity contribution >= 4 is 61.8 Å². The number of fused-ring (bicyclic) bond motifs is 1. The fourth-order valence-corrected chi connectivity index (χ4v) is 9.37. The summed E-state index contributed by atoms with van der Waals surface area (Å²) in [7, 11) is 1.80. The number of rotatable bonds is 16. The topological polar surface area (TPSA) is 111 Å². The zero-order valence-corrected chi connectivity index (χ0v) is 34.5. The van der Waals surface area contributed by atoms with Gasteiger partial charge in [-0.05, 0) is 87.0 Å². The van der Waals surface area contributed by atoms with Crippen LogP contribution in [0.1, 0.15) is 93.6 Å². The van der Waals surface area contributed by atoms with Crippen molar-refractivity contribution < 1.29 is 9.21 Å². The summed E-state index contributed by atoms with van der Waals surface area (Å²) < 4.78 is 8.13. The molecule has 2 aromatic carbocycles. The summed E-state index contributed by atoms with van der Waals surface area (Å²) in [6.45, 7) is 12.9. The monoisotopic (exact) mass is 781 g/mol. The molecule has 0 aliphatic carbocycles. The van der Waals surface area contributed by atoms with Crippen molar-refractivity contribution in [3.8, 4) is 6.07 Å². The summed E-state index contributed by atoms with van der Waals surface area (Å²) in [6.07, 6.45) is 11.7. The summed E-state index contributed by atoms with van der Waals surface area (Å²) in [4.78, 5) is 31.5. The van der Waals surface area contributed by atoms with Crippen molar-refractivity contribution in [2.75, 3.05) is 38.5 Å². The van der Waals surface area contributed by atoms with Crippen molar-refractivity contribution in [2.24, 2.45) is 5.92 Å². The molecule has 6 rings (SSSR count). The van der Waals surface area contributed by atoms with Crippen LogP contribution < -0.4 is 5.32 Å². The summed E-state index contributed by atoms with van der Waals surface area (Å²) in [6, 6.07) is 18.6. The molecule has 1 N–H and O–H groups in total. The number of nitrogens with one attached hydrogen (secondary N) is 1. The van der Waals surface area contributed by atoms with Gasteiger partial charge in [-0.3, -0.25) is 4.79 Å². The molecule has 0 saturated carbocycles. The molecule has 1 aliphatic heterocycles. The van der Waals surface area contributed by atoms with E-state index in [1.165, 1.54) is 34.0 Å². The molecule has 54 heavy (non-hydrogen) atoms. The molecule has 1 unspecified atom stereocenters. The van der Waals surface area contributed by atoms with Crippen LogP contribution in [0.4, 0.5) is 5.13 Å². The number of nitriles is 1. The fraction of sp³-hybridized carbons (Fsp3) is 0.452. The van der Waals surface area contributed by atoms with Crippen molar-refractivity contribution in [1.29, 1.82) is 5.26 Å². The van der Waals surface area contributed by atoms with E-state index >= 15 is 0 Å². The number of benzene rings is 2. The maximum atomic E-state index is 13.5. The molecule has 0 spiro atoms. The third-order valence-electron chi connectivity index (χ3n) is 9.95. The second kappa shape index (κ2) is 18.5. The van der Waals surface area contributed by atoms with Gasteiger partial charge in [0, 0.05) is 19.0 Å². The molecule has 1 aliphatic rings. The largest absolute Gasteiger partial charge is 0.444 e. The smallest absolute Gasteiger partial charge is 0.264 e. The number of hydrogen-bond donors (Lipinski definition) is 1. The number of aromatic nitrogens is 3. The predicted octanol–water partition coefficient (Wildman–Crippen LogP) is 9.99. The lowest BCUT2D eigenvalue weighted by Gasteiger charge is -2.32. The Hall–Kier alpha value is -4.02. The van der Waals surface area contributed by atoms with E-state index < -0.39 is 0 Å². The van der Waals surface area contributed by atoms with E-state index in [0.29, 0.717) is 16.7 Å². The van der Waals surface area contributed by atoms with Crippen LogP contribution in [-0.2, 0) is 22.4 Å². The van der Waals surface area contributed by atoms with Crippen molar-refractivity contribution in [3.63, 3.8) is 0 Å². The Kier molecular flexibility index (Phi) is 13.6. The zero-order chi connectivity index (χ0) is 38.1. The lowest BCUT2D eigenvalue weighted by Crippen LogP contribution is -2.36. The summed E-state index contributed by atoms with van der Waals surface area (Å²) in [5.74, 6) is 2.76. The number of aryl methyl sites for hydroxylation is 1. The normalized spacial score (nSPS) is 15.0. The number of likely N-dealkylation sites (N-methyl/N-ethyl adjacent to an activating group) is 1. The highest BCUT2D eigenvalue weighted by Gasteiger charge is 2.25. The predicted molar refractivity (Wildman–Crippen MR) is 223 cm³/mol. The highest BCUT2D eigenvalue weighted by Crippen LogP contribution is 2.33. The summed E-state index contributed by atoms with van der Waals surface area (Å²) in [5, 5.41) is 15.2. The zero-order valence-electron chi connectivity index (χ0n) is 32.0. The van der Waals surface area contributed by atoms with E-state index in [4.69, 9.17) is 4.42 Å². The molecule has 1 atom stereocenters. The molecule has 0 radical (unpaired) electrons. The molecular weight excluding hydrogens is 731 g/mol. The van der Waals surface area contributed by atoms with Gasteiger partial charge >= 0.3 is 0 Å². The third-order valence-corrected chi connectivity index (χ3v) is 13.1. The number of likely N-dealkylation sites (tertiary alicyclic amines) is 1. The molecule has 1 amide bonds. The fourth-order valence-electron chi connectivity index (χ4n) is 6.73. The van der Waals surface area contributed by atoms with Crippen LogP contribution in [0.5, 0.6) is 0 Å². The van der Waals surface area contributed by atoms with Crippen LogP contribution >= 0.6 is 34.4 Å². The minimum absolute atomic E-state index is 0.0339. The quantitative estimate of drug-likeness (QED) is 0.0594. The Morgan fingerprint density at radius 3 is 2.61 bits per heavy atom. The van der Waals surface area contributed by atoms with Gasteiger partial charge < -0.3 is 19.5 Å². The SMILES string of the molecule is CCCC(c1ccc(CCCN2CCC(CNc3ncc(SCc4ncc(C(C)(C)C)o4)s3)CC2)cc1)N(C)C(=O)C(C#N)=Cc1nc2ccccc2s1. The van der Waals surface area contributed by atoms with Gasteiger partial charge in [0.15, 0.2) is 5.13 Å². The Morgan fingerprint density at radius 1 is 1.13 bits per heavy atom. The van der Waals surface area contributed by atoms with Gasteiger partial charge in [0.25, 0.3) is 5.91 Å². The molecule has 284 valence electrons. The van der Waals surface area contributed by atoms with Gasteiger partial charge in [0.2, 0.25) is 5.89 Å². The van der Waals surface area contributed by atoms with E-state index in [-0.39, 0.29) is 22.9 Å². The standard InChI is InChI=1S/C42H51N7O2S3/c1-6-10-34(48(5)40(50)32(24-43)23-38-47-33-12-7-8-13-35(33)53-38)31-16-14-29(15-17-31)11-9-20-49-21-18-30(19-22-49)25-45-41-46-27-39(54-41)52-28-37-44-26-36(51-37)42(2,3)4/h7-8,12-17,23,26-27,30,34H,6,9-11,18-22,25,28H2,1-5H3,(H,45,46). The van der Waals surface area contributed by atoms with Crippen LogP contribution in [0.15, 0.2) is 75.1 Å². The van der Waals surface area contributed by atoms with Gasteiger partial charge in [-0.15, -0.1) is 23.1 Å². The third kappa shape index (κ3) is 10.6. The van der Waals surface area contributed by atoms with Gasteiger partial charge in [-0.25, -0.2) is 15.0 Å². The number of carbonyl (C=O) groups is 1. The van der Waals surface area contributed by atoms with E-state index in [1.807, 2.05) is 36.7 Å². The van der Waals surface area contributed by atoms with Crippen LogP contribution in [-0.4, -0.2) is 63.9 Å². The highest BCUT2D eigenvalue weighted by atomic mass is 32.2. The number of anilines is 1. The Bertz CT molecular complexity index is 2010.